The van der Waals surface area contributed by atoms with Crippen molar-refractivity contribution in [2.75, 3.05) is 13.1 Å². The van der Waals surface area contributed by atoms with Crippen LogP contribution in [-0.4, -0.2) is 50.1 Å². The Morgan fingerprint density at radius 1 is 1.33 bits per heavy atom. The third-order valence-corrected chi connectivity index (χ3v) is 5.76. The van der Waals surface area contributed by atoms with E-state index in [9.17, 15) is 19.4 Å². The smallest absolute Gasteiger partial charge is 0.313 e. The lowest BCUT2D eigenvalue weighted by molar-refractivity contribution is -0.163. The lowest BCUT2D eigenvalue weighted by atomic mass is 9.72. The molecule has 2 aromatic rings. The first kappa shape index (κ1) is 19.5. The van der Waals surface area contributed by atoms with Crippen LogP contribution in [0, 0.1) is 25.1 Å². The molecule has 0 bridgehead atoms. The summed E-state index contributed by atoms with van der Waals surface area (Å²) in [6.45, 7) is 5.39. The van der Waals surface area contributed by atoms with Crippen molar-refractivity contribution in [2.24, 2.45) is 12.5 Å². The third-order valence-electron chi connectivity index (χ3n) is 5.76. The number of nitrogens with zero attached hydrogens (tertiary/aromatic N) is 3. The highest BCUT2D eigenvalue weighted by Crippen LogP contribution is 2.35. The van der Waals surface area contributed by atoms with Gasteiger partial charge < -0.3 is 10.2 Å². The van der Waals surface area contributed by atoms with Crippen molar-refractivity contribution in [3.63, 3.8) is 0 Å². The SMILES string of the molecule is Cc1nn(C)c(C)c1CN1CC[C@@H](O)[C@](Cc2ccc(F)cc2)(C(=O)O)C1. The minimum Gasteiger partial charge on any atom is -0.481 e. The summed E-state index contributed by atoms with van der Waals surface area (Å²) in [5, 5.41) is 25.0. The van der Waals surface area contributed by atoms with Crippen molar-refractivity contribution in [1.29, 1.82) is 0 Å². The molecule has 7 heteroatoms. The Bertz CT molecular complexity index is 834. The molecule has 0 saturated carbocycles. The fourth-order valence-corrected chi connectivity index (χ4v) is 4.00. The lowest BCUT2D eigenvalue weighted by Gasteiger charge is -2.43. The maximum Gasteiger partial charge on any atom is 0.313 e. The van der Waals surface area contributed by atoms with E-state index >= 15 is 0 Å². The highest BCUT2D eigenvalue weighted by Gasteiger charge is 2.49. The van der Waals surface area contributed by atoms with Gasteiger partial charge in [-0.05, 0) is 44.4 Å². The second-order valence-electron chi connectivity index (χ2n) is 7.55. The monoisotopic (exact) mass is 375 g/mol. The lowest BCUT2D eigenvalue weighted by Crippen LogP contribution is -2.56. The molecule has 2 N–H and O–H groups in total. The van der Waals surface area contributed by atoms with E-state index in [2.05, 4.69) is 10.00 Å². The van der Waals surface area contributed by atoms with E-state index < -0.39 is 17.5 Å². The molecule has 1 aliphatic rings. The zero-order valence-electron chi connectivity index (χ0n) is 15.9. The van der Waals surface area contributed by atoms with Crippen LogP contribution in [0.4, 0.5) is 4.39 Å². The molecule has 2 atom stereocenters. The molecule has 0 spiro atoms. The topological polar surface area (TPSA) is 78.6 Å². The van der Waals surface area contributed by atoms with Gasteiger partial charge in [0.2, 0.25) is 0 Å². The molecule has 0 aliphatic carbocycles. The highest BCUT2D eigenvalue weighted by molar-refractivity contribution is 5.76. The van der Waals surface area contributed by atoms with Gasteiger partial charge in [-0.2, -0.15) is 5.10 Å². The van der Waals surface area contributed by atoms with Crippen molar-refractivity contribution in [3.05, 3.63) is 52.6 Å². The first-order valence-corrected chi connectivity index (χ1v) is 9.10. The van der Waals surface area contributed by atoms with Crippen LogP contribution in [0.25, 0.3) is 0 Å². The number of rotatable bonds is 5. The molecule has 1 aliphatic heterocycles. The highest BCUT2D eigenvalue weighted by atomic mass is 19.1. The Labute approximate surface area is 158 Å². The number of aliphatic carboxylic acids is 1. The van der Waals surface area contributed by atoms with Gasteiger partial charge in [0, 0.05) is 37.9 Å². The molecule has 6 nitrogen and oxygen atoms in total. The summed E-state index contributed by atoms with van der Waals surface area (Å²) in [7, 11) is 1.89. The number of halogens is 1. The maximum atomic E-state index is 13.2. The fourth-order valence-electron chi connectivity index (χ4n) is 4.00. The number of carbonyl (C=O) groups is 1. The first-order chi connectivity index (χ1) is 12.7. The number of hydrogen-bond donors (Lipinski definition) is 2. The number of aliphatic hydroxyl groups is 1. The quantitative estimate of drug-likeness (QED) is 0.836. The number of aliphatic hydroxyl groups excluding tert-OH is 1. The Kier molecular flexibility index (Phi) is 5.35. The van der Waals surface area contributed by atoms with Gasteiger partial charge in [0.1, 0.15) is 11.2 Å². The molecular formula is C20H26FN3O3. The Morgan fingerprint density at radius 3 is 2.56 bits per heavy atom. The van der Waals surface area contributed by atoms with Crippen LogP contribution in [0.5, 0.6) is 0 Å². The van der Waals surface area contributed by atoms with Crippen LogP contribution in [-0.2, 0) is 24.8 Å². The Balaban J connectivity index is 1.86. The zero-order chi connectivity index (χ0) is 19.8. The molecular weight excluding hydrogens is 349 g/mol. The van der Waals surface area contributed by atoms with Crippen molar-refractivity contribution >= 4 is 5.97 Å². The van der Waals surface area contributed by atoms with Crippen LogP contribution in [0.2, 0.25) is 0 Å². The second kappa shape index (κ2) is 7.40. The van der Waals surface area contributed by atoms with Crippen molar-refractivity contribution in [1.82, 2.24) is 14.7 Å². The average molecular weight is 375 g/mol. The van der Waals surface area contributed by atoms with Gasteiger partial charge in [0.15, 0.2) is 0 Å². The van der Waals surface area contributed by atoms with E-state index in [0.717, 1.165) is 17.0 Å². The number of piperidine rings is 1. The number of aromatic nitrogens is 2. The summed E-state index contributed by atoms with van der Waals surface area (Å²) < 4.78 is 15.0. The second-order valence-corrected chi connectivity index (χ2v) is 7.55. The molecule has 0 amide bonds. The van der Waals surface area contributed by atoms with Crippen LogP contribution >= 0.6 is 0 Å². The van der Waals surface area contributed by atoms with Crippen LogP contribution in [0.1, 0.15) is 28.9 Å². The van der Waals surface area contributed by atoms with Gasteiger partial charge >= 0.3 is 5.97 Å². The third kappa shape index (κ3) is 3.75. The number of carboxylic acid groups (broad SMARTS) is 1. The van der Waals surface area contributed by atoms with Crippen molar-refractivity contribution < 1.29 is 19.4 Å². The molecule has 1 aromatic heterocycles. The summed E-state index contributed by atoms with van der Waals surface area (Å²) in [5.41, 5.74) is 2.46. The van der Waals surface area contributed by atoms with Gasteiger partial charge in [0.05, 0.1) is 11.8 Å². The van der Waals surface area contributed by atoms with Crippen LogP contribution in [0.3, 0.4) is 0 Å². The van der Waals surface area contributed by atoms with Crippen molar-refractivity contribution in [3.8, 4) is 0 Å². The summed E-state index contributed by atoms with van der Waals surface area (Å²) in [6.07, 6.45) is -0.413. The minimum atomic E-state index is -1.32. The number of likely N-dealkylation sites (tertiary alicyclic amines) is 1. The number of aryl methyl sites for hydroxylation is 2. The Hall–Kier alpha value is -2.25. The molecule has 146 valence electrons. The molecule has 2 heterocycles. The minimum absolute atomic E-state index is 0.158. The van der Waals surface area contributed by atoms with Gasteiger partial charge in [0.25, 0.3) is 0 Å². The predicted molar refractivity (Wildman–Crippen MR) is 98.8 cm³/mol. The van der Waals surface area contributed by atoms with E-state index in [1.807, 2.05) is 25.6 Å². The molecule has 0 radical (unpaired) electrons. The van der Waals surface area contributed by atoms with E-state index in [0.29, 0.717) is 25.1 Å². The molecule has 1 saturated heterocycles. The van der Waals surface area contributed by atoms with E-state index in [-0.39, 0.29) is 18.8 Å². The Morgan fingerprint density at radius 2 is 2.00 bits per heavy atom. The average Bonchev–Trinajstić information content (AvgIpc) is 2.85. The normalized spacial score (nSPS) is 23.5. The van der Waals surface area contributed by atoms with E-state index in [1.54, 1.807) is 12.1 Å². The molecule has 1 fully saturated rings. The standard InChI is InChI=1S/C20H26FN3O3/c1-13-17(14(2)23(3)22-13)11-24-9-8-18(25)20(12-24,19(26)27)10-15-4-6-16(21)7-5-15/h4-7,18,25H,8-12H2,1-3H3,(H,26,27)/t18-,20-/m1/s1. The van der Waals surface area contributed by atoms with E-state index in [1.165, 1.54) is 12.1 Å². The summed E-state index contributed by atoms with van der Waals surface area (Å²) >= 11 is 0. The molecule has 1 aromatic carbocycles. The van der Waals surface area contributed by atoms with Gasteiger partial charge in [-0.25, -0.2) is 4.39 Å². The first-order valence-electron chi connectivity index (χ1n) is 9.10. The zero-order valence-corrected chi connectivity index (χ0v) is 15.9. The summed E-state index contributed by atoms with van der Waals surface area (Å²) in [4.78, 5) is 14.3. The largest absolute Gasteiger partial charge is 0.481 e. The number of carboxylic acids is 1. The maximum absolute atomic E-state index is 13.2. The van der Waals surface area contributed by atoms with Gasteiger partial charge in [-0.3, -0.25) is 14.4 Å². The van der Waals surface area contributed by atoms with Gasteiger partial charge in [-0.15, -0.1) is 0 Å². The molecule has 27 heavy (non-hydrogen) atoms. The predicted octanol–water partition coefficient (Wildman–Crippen LogP) is 2.06. The summed E-state index contributed by atoms with van der Waals surface area (Å²) in [5.74, 6) is -1.39. The van der Waals surface area contributed by atoms with Crippen LogP contribution in [0.15, 0.2) is 24.3 Å². The fraction of sp³-hybridized carbons (Fsp3) is 0.500. The van der Waals surface area contributed by atoms with Gasteiger partial charge in [-0.1, -0.05) is 12.1 Å². The van der Waals surface area contributed by atoms with Crippen molar-refractivity contribution in [2.45, 2.75) is 39.3 Å². The number of hydrogen-bond acceptors (Lipinski definition) is 4. The summed E-state index contributed by atoms with van der Waals surface area (Å²) in [6, 6.07) is 5.81. The van der Waals surface area contributed by atoms with Crippen LogP contribution < -0.4 is 0 Å². The van der Waals surface area contributed by atoms with E-state index in [4.69, 9.17) is 0 Å². The molecule has 0 unspecified atom stereocenters. The molecule has 3 rings (SSSR count). The number of benzene rings is 1.